The van der Waals surface area contributed by atoms with Gasteiger partial charge >= 0.3 is 11.9 Å². The quantitative estimate of drug-likeness (QED) is 0.633. The number of allylic oxidation sites excluding steroid dienone is 1. The molecule has 1 aliphatic heterocycles. The largest absolute Gasteiger partial charge is 0.507 e. The Morgan fingerprint density at radius 2 is 1.92 bits per heavy atom. The van der Waals surface area contributed by atoms with E-state index in [4.69, 9.17) is 9.47 Å². The molecule has 1 N–H and O–H groups in total. The van der Waals surface area contributed by atoms with Crippen molar-refractivity contribution < 1.29 is 38.5 Å². The Bertz CT molecular complexity index is 877. The minimum atomic E-state index is -0.935. The van der Waals surface area contributed by atoms with E-state index in [1.807, 2.05) is 0 Å². The van der Waals surface area contributed by atoms with Gasteiger partial charge in [0.15, 0.2) is 17.3 Å². The van der Waals surface area contributed by atoms with Gasteiger partial charge in [-0.15, -0.1) is 0 Å². The number of ether oxygens (including phenoxy) is 3. The molecule has 0 bridgehead atoms. The zero-order valence-electron chi connectivity index (χ0n) is 13.7. The highest BCUT2D eigenvalue weighted by Gasteiger charge is 2.44. The van der Waals surface area contributed by atoms with Crippen molar-refractivity contribution in [1.82, 2.24) is 0 Å². The van der Waals surface area contributed by atoms with Crippen molar-refractivity contribution >= 4 is 23.5 Å². The predicted molar refractivity (Wildman–Crippen MR) is 81.6 cm³/mol. The van der Waals surface area contributed by atoms with E-state index in [2.05, 4.69) is 4.74 Å². The molecule has 0 saturated heterocycles. The molecule has 0 aromatic heterocycles. The molecule has 0 radical (unpaired) electrons. The van der Waals surface area contributed by atoms with E-state index < -0.39 is 35.0 Å². The van der Waals surface area contributed by atoms with Crippen molar-refractivity contribution in [2.75, 3.05) is 7.11 Å². The molecule has 1 aromatic carbocycles. The van der Waals surface area contributed by atoms with E-state index in [0.717, 1.165) is 20.1 Å². The lowest BCUT2D eigenvalue weighted by Crippen LogP contribution is -2.24. The fourth-order valence-electron chi connectivity index (χ4n) is 2.95. The van der Waals surface area contributed by atoms with Crippen LogP contribution in [0.15, 0.2) is 17.4 Å². The fourth-order valence-corrected chi connectivity index (χ4v) is 2.95. The lowest BCUT2D eigenvalue weighted by molar-refractivity contribution is -0.131. The van der Waals surface area contributed by atoms with Gasteiger partial charge in [0.25, 0.3) is 0 Å². The SMILES string of the molecule is COC(=O)c1cc(O)c2c(c1OC(C)=O)C(=O)C1=C(CC(C)O1)C2=O. The molecule has 1 unspecified atom stereocenters. The number of methoxy groups -OCH3 is 1. The van der Waals surface area contributed by atoms with Crippen LogP contribution in [0.5, 0.6) is 11.5 Å². The lowest BCUT2D eigenvalue weighted by Gasteiger charge is -2.20. The molecule has 0 fully saturated rings. The maximum absolute atomic E-state index is 12.8. The van der Waals surface area contributed by atoms with Gasteiger partial charge in [-0.05, 0) is 13.0 Å². The summed E-state index contributed by atoms with van der Waals surface area (Å²) in [6, 6.07) is 0.943. The minimum absolute atomic E-state index is 0.153. The van der Waals surface area contributed by atoms with Gasteiger partial charge in [-0.25, -0.2) is 4.79 Å². The average Bonchev–Trinajstić information content (AvgIpc) is 2.95. The maximum Gasteiger partial charge on any atom is 0.341 e. The topological polar surface area (TPSA) is 116 Å². The van der Waals surface area contributed by atoms with E-state index in [1.165, 1.54) is 0 Å². The summed E-state index contributed by atoms with van der Waals surface area (Å²) in [5, 5.41) is 10.2. The van der Waals surface area contributed by atoms with Crippen LogP contribution in [-0.4, -0.2) is 41.8 Å². The monoisotopic (exact) mass is 346 g/mol. The molecule has 1 atom stereocenters. The van der Waals surface area contributed by atoms with E-state index in [0.29, 0.717) is 0 Å². The highest BCUT2D eigenvalue weighted by atomic mass is 16.5. The molecule has 0 saturated carbocycles. The number of hydrogen-bond acceptors (Lipinski definition) is 8. The second-order valence-corrected chi connectivity index (χ2v) is 5.71. The normalized spacial score (nSPS) is 18.4. The van der Waals surface area contributed by atoms with Crippen LogP contribution in [0.3, 0.4) is 0 Å². The van der Waals surface area contributed by atoms with E-state index in [-0.39, 0.29) is 40.5 Å². The number of fused-ring (bicyclic) bond motifs is 1. The summed E-state index contributed by atoms with van der Waals surface area (Å²) in [5.74, 6) is -4.23. The summed E-state index contributed by atoms with van der Waals surface area (Å²) in [4.78, 5) is 48.9. The zero-order valence-corrected chi connectivity index (χ0v) is 13.7. The molecule has 8 nitrogen and oxygen atoms in total. The van der Waals surface area contributed by atoms with Gasteiger partial charge in [0, 0.05) is 13.3 Å². The van der Waals surface area contributed by atoms with Crippen molar-refractivity contribution in [3.05, 3.63) is 34.1 Å². The number of carbonyl (C=O) groups excluding carboxylic acids is 4. The summed E-state index contributed by atoms with van der Waals surface area (Å²) in [6.07, 6.45) is -0.160. The Morgan fingerprint density at radius 1 is 1.24 bits per heavy atom. The van der Waals surface area contributed by atoms with Gasteiger partial charge in [0.05, 0.1) is 23.8 Å². The second kappa shape index (κ2) is 5.73. The summed E-state index contributed by atoms with van der Waals surface area (Å²) in [5.41, 5.74) is -0.885. The number of carbonyl (C=O) groups is 4. The van der Waals surface area contributed by atoms with Gasteiger partial charge in [-0.3, -0.25) is 14.4 Å². The number of Topliss-reactive ketones (excluding diaryl/α,β-unsaturated/α-hetero) is 2. The maximum atomic E-state index is 12.8. The van der Waals surface area contributed by atoms with Crippen molar-refractivity contribution in [2.24, 2.45) is 0 Å². The molecule has 1 aromatic rings. The third-order valence-electron chi connectivity index (χ3n) is 3.93. The van der Waals surface area contributed by atoms with Crippen LogP contribution in [0.1, 0.15) is 51.3 Å². The number of ketones is 2. The smallest absolute Gasteiger partial charge is 0.341 e. The Morgan fingerprint density at radius 3 is 2.52 bits per heavy atom. The van der Waals surface area contributed by atoms with Gasteiger partial charge in [-0.1, -0.05) is 0 Å². The number of rotatable bonds is 2. The van der Waals surface area contributed by atoms with Crippen LogP contribution < -0.4 is 4.74 Å². The Labute approximate surface area is 142 Å². The number of phenols is 1. The molecule has 2 aliphatic rings. The first kappa shape index (κ1) is 16.7. The van der Waals surface area contributed by atoms with Gasteiger partial charge in [0.1, 0.15) is 17.4 Å². The van der Waals surface area contributed by atoms with Crippen LogP contribution in [0, 0.1) is 0 Å². The van der Waals surface area contributed by atoms with Crippen LogP contribution in [-0.2, 0) is 14.3 Å². The zero-order chi connectivity index (χ0) is 18.5. The Hall–Kier alpha value is -3.16. The molecule has 0 spiro atoms. The van der Waals surface area contributed by atoms with Crippen LogP contribution in [0.25, 0.3) is 0 Å². The van der Waals surface area contributed by atoms with Crippen molar-refractivity contribution in [2.45, 2.75) is 26.4 Å². The molecule has 1 aliphatic carbocycles. The predicted octanol–water partition coefficient (Wildman–Crippen LogP) is 1.55. The third kappa shape index (κ3) is 2.46. The fraction of sp³-hybridized carbons (Fsp3) is 0.294. The average molecular weight is 346 g/mol. The van der Waals surface area contributed by atoms with Crippen LogP contribution >= 0.6 is 0 Å². The molecule has 3 rings (SSSR count). The number of esters is 2. The van der Waals surface area contributed by atoms with Crippen molar-refractivity contribution in [1.29, 1.82) is 0 Å². The highest BCUT2D eigenvalue weighted by Crippen LogP contribution is 2.44. The first-order valence-electron chi connectivity index (χ1n) is 7.42. The van der Waals surface area contributed by atoms with E-state index in [1.54, 1.807) is 6.92 Å². The summed E-state index contributed by atoms with van der Waals surface area (Å²) < 4.78 is 15.0. The highest BCUT2D eigenvalue weighted by molar-refractivity contribution is 6.29. The molecule has 25 heavy (non-hydrogen) atoms. The summed E-state index contributed by atoms with van der Waals surface area (Å²) in [6.45, 7) is 2.77. The number of phenolic OH excluding ortho intramolecular Hbond substituents is 1. The number of benzene rings is 1. The molecule has 1 heterocycles. The van der Waals surface area contributed by atoms with Crippen LogP contribution in [0.4, 0.5) is 0 Å². The van der Waals surface area contributed by atoms with E-state index >= 15 is 0 Å². The summed E-state index contributed by atoms with van der Waals surface area (Å²) >= 11 is 0. The lowest BCUT2D eigenvalue weighted by atomic mass is 9.84. The Kier molecular flexibility index (Phi) is 3.82. The first-order valence-corrected chi connectivity index (χ1v) is 7.42. The first-order chi connectivity index (χ1) is 11.8. The van der Waals surface area contributed by atoms with E-state index in [9.17, 15) is 24.3 Å². The molecule has 0 amide bonds. The summed E-state index contributed by atoms with van der Waals surface area (Å²) in [7, 11) is 1.09. The number of aromatic hydroxyl groups is 1. The third-order valence-corrected chi connectivity index (χ3v) is 3.93. The second-order valence-electron chi connectivity index (χ2n) is 5.71. The van der Waals surface area contributed by atoms with Crippen molar-refractivity contribution in [3.8, 4) is 11.5 Å². The molecule has 8 heteroatoms. The van der Waals surface area contributed by atoms with Crippen molar-refractivity contribution in [3.63, 3.8) is 0 Å². The van der Waals surface area contributed by atoms with Gasteiger partial charge < -0.3 is 19.3 Å². The minimum Gasteiger partial charge on any atom is -0.507 e. The molecular formula is C17H14O8. The molecule has 130 valence electrons. The molecular weight excluding hydrogens is 332 g/mol. The Balaban J connectivity index is 2.31. The van der Waals surface area contributed by atoms with Crippen LogP contribution in [0.2, 0.25) is 0 Å². The van der Waals surface area contributed by atoms with Gasteiger partial charge in [0.2, 0.25) is 5.78 Å². The standard InChI is InChI=1S/C17H14O8/c1-6-4-8-13(20)11-10(19)5-9(17(22)23-3)15(25-7(2)18)12(11)14(21)16(8)24-6/h5-6,19H,4H2,1-3H3. The number of hydrogen-bond donors (Lipinski definition) is 1. The van der Waals surface area contributed by atoms with Gasteiger partial charge in [-0.2, -0.15) is 0 Å².